The maximum atomic E-state index is 14.7. The van der Waals surface area contributed by atoms with E-state index >= 15 is 0 Å². The standard InChI is InChI=1S/C32H38O10/c1-8-16(2)24(35)41-26-28(3,4)19(13-21(33)38-7)30(6)18-9-11-29(5)20(32(18)27(42-32)31(26,37)25(30)36)14-22(34)40-23(29)17-10-12-39-15-17/h8-10,12,15,19-20,23,26-27,37H,11,13-14H2,1-7H3/b16-8-/t19-,20+,23-,26-,27+,29+,30+,31-,32+/m0/s1. The Labute approximate surface area is 244 Å². The van der Waals surface area contributed by atoms with E-state index in [-0.39, 0.29) is 12.8 Å². The van der Waals surface area contributed by atoms with Gasteiger partial charge in [-0.2, -0.15) is 0 Å². The average Bonchev–Trinajstić information content (AvgIpc) is 3.44. The Kier molecular flexibility index (Phi) is 6.11. The number of aliphatic hydroxyl groups is 1. The summed E-state index contributed by atoms with van der Waals surface area (Å²) in [4.78, 5) is 53.8. The van der Waals surface area contributed by atoms with Crippen LogP contribution in [-0.4, -0.2) is 59.3 Å². The second-order valence-corrected chi connectivity index (χ2v) is 13.6. The van der Waals surface area contributed by atoms with Crippen LogP contribution in [0.15, 0.2) is 46.3 Å². The van der Waals surface area contributed by atoms with Crippen molar-refractivity contribution in [1.29, 1.82) is 0 Å². The number of methoxy groups -OCH3 is 1. The van der Waals surface area contributed by atoms with Crippen molar-refractivity contribution in [2.45, 2.75) is 90.3 Å². The Hall–Kier alpha value is -3.24. The highest BCUT2D eigenvalue weighted by molar-refractivity contribution is 6.02. The van der Waals surface area contributed by atoms with E-state index in [4.69, 9.17) is 23.4 Å². The molecule has 1 spiro atoms. The first-order valence-corrected chi connectivity index (χ1v) is 14.4. The van der Waals surface area contributed by atoms with Gasteiger partial charge in [0, 0.05) is 27.9 Å². The predicted octanol–water partition coefficient (Wildman–Crippen LogP) is 3.78. The minimum atomic E-state index is -2.24. The molecule has 1 N–H and O–H groups in total. The number of esters is 3. The molecule has 6 rings (SSSR count). The largest absolute Gasteiger partial charge is 0.472 e. The molecule has 1 aromatic rings. The topological polar surface area (TPSA) is 142 Å². The van der Waals surface area contributed by atoms with Gasteiger partial charge < -0.3 is 28.5 Å². The number of fused-ring (bicyclic) bond motifs is 5. The van der Waals surface area contributed by atoms with Crippen LogP contribution in [0.25, 0.3) is 0 Å². The van der Waals surface area contributed by atoms with Crippen molar-refractivity contribution in [3.63, 3.8) is 0 Å². The lowest BCUT2D eigenvalue weighted by Crippen LogP contribution is -2.78. The van der Waals surface area contributed by atoms with E-state index in [0.29, 0.717) is 23.1 Å². The zero-order valence-corrected chi connectivity index (χ0v) is 25.0. The summed E-state index contributed by atoms with van der Waals surface area (Å²) in [5, 5.41) is 12.6. The van der Waals surface area contributed by atoms with Crippen molar-refractivity contribution in [2.24, 2.45) is 28.1 Å². The van der Waals surface area contributed by atoms with E-state index in [2.05, 4.69) is 0 Å². The first-order valence-electron chi connectivity index (χ1n) is 14.4. The third-order valence-electron chi connectivity index (χ3n) is 11.2. The minimum Gasteiger partial charge on any atom is -0.472 e. The van der Waals surface area contributed by atoms with E-state index in [1.807, 2.05) is 13.0 Å². The monoisotopic (exact) mass is 582 g/mol. The van der Waals surface area contributed by atoms with E-state index in [1.165, 1.54) is 13.4 Å². The molecule has 226 valence electrons. The maximum absolute atomic E-state index is 14.7. The molecule has 2 saturated carbocycles. The molecule has 9 atom stereocenters. The number of furan rings is 1. The van der Waals surface area contributed by atoms with Gasteiger partial charge >= 0.3 is 17.9 Å². The zero-order valence-electron chi connectivity index (χ0n) is 25.0. The van der Waals surface area contributed by atoms with Crippen LogP contribution in [0.3, 0.4) is 0 Å². The number of hydrogen-bond acceptors (Lipinski definition) is 10. The Morgan fingerprint density at radius 1 is 1.19 bits per heavy atom. The van der Waals surface area contributed by atoms with Gasteiger partial charge in [0.15, 0.2) is 11.4 Å². The van der Waals surface area contributed by atoms with Crippen LogP contribution >= 0.6 is 0 Å². The molecule has 0 aromatic carbocycles. The number of Topliss-reactive ketones (excluding diaryl/α,β-unsaturated/α-hetero) is 1. The summed E-state index contributed by atoms with van der Waals surface area (Å²) in [5.41, 5.74) is -4.89. The lowest BCUT2D eigenvalue weighted by molar-refractivity contribution is -0.227. The third kappa shape index (κ3) is 3.33. The molecule has 5 aliphatic rings. The number of epoxide rings is 1. The van der Waals surface area contributed by atoms with Gasteiger partial charge in [-0.05, 0) is 44.7 Å². The van der Waals surface area contributed by atoms with Gasteiger partial charge in [0.05, 0.1) is 37.9 Å². The molecule has 0 radical (unpaired) electrons. The number of carbonyl (C=O) groups is 4. The van der Waals surface area contributed by atoms with Crippen LogP contribution in [0.1, 0.15) is 72.5 Å². The van der Waals surface area contributed by atoms with E-state index in [0.717, 1.165) is 0 Å². The molecule has 0 amide bonds. The van der Waals surface area contributed by atoms with Crippen molar-refractivity contribution < 1.29 is 47.6 Å². The number of allylic oxidation sites excluding steroid dienone is 2. The van der Waals surface area contributed by atoms with Crippen molar-refractivity contribution in [3.8, 4) is 0 Å². The second-order valence-electron chi connectivity index (χ2n) is 13.6. The van der Waals surface area contributed by atoms with Crippen molar-refractivity contribution in [2.75, 3.05) is 7.11 Å². The fourth-order valence-electron chi connectivity index (χ4n) is 9.03. The molecule has 2 bridgehead atoms. The number of cyclic esters (lactones) is 1. The number of rotatable bonds is 5. The minimum absolute atomic E-state index is 0.00619. The SMILES string of the molecule is C/C=C(/C)C(=O)O[C@H]1C(C)(C)[C@H](CC(=O)OC)[C@]2(C)C(=O)[C@@]1(O)[C@H]1O[C@@]13C2=CC[C@]1(C)[C@H]3CC(=O)O[C@H]1c1ccoc1. The second kappa shape index (κ2) is 8.89. The van der Waals surface area contributed by atoms with E-state index in [9.17, 15) is 24.3 Å². The summed E-state index contributed by atoms with van der Waals surface area (Å²) in [6.45, 7) is 10.6. The molecular formula is C32H38O10. The summed E-state index contributed by atoms with van der Waals surface area (Å²) in [6, 6.07) is 1.76. The highest BCUT2D eigenvalue weighted by Crippen LogP contribution is 2.77. The molecule has 3 aliphatic carbocycles. The van der Waals surface area contributed by atoms with Crippen LogP contribution in [0.4, 0.5) is 0 Å². The normalized spacial score (nSPS) is 43.2. The van der Waals surface area contributed by atoms with Crippen LogP contribution in [-0.2, 0) is 38.1 Å². The van der Waals surface area contributed by atoms with Crippen LogP contribution in [0.5, 0.6) is 0 Å². The van der Waals surface area contributed by atoms with Crippen LogP contribution in [0, 0.1) is 28.1 Å². The molecule has 42 heavy (non-hydrogen) atoms. The smallest absolute Gasteiger partial charge is 0.333 e. The third-order valence-corrected chi connectivity index (χ3v) is 11.2. The first kappa shape index (κ1) is 28.9. The van der Waals surface area contributed by atoms with Gasteiger partial charge in [0.25, 0.3) is 0 Å². The number of hydrogen-bond donors (Lipinski definition) is 1. The van der Waals surface area contributed by atoms with Crippen LogP contribution in [0.2, 0.25) is 0 Å². The van der Waals surface area contributed by atoms with E-state index < -0.39 is 81.3 Å². The Bertz CT molecular complexity index is 1440. The summed E-state index contributed by atoms with van der Waals surface area (Å²) in [6.07, 6.45) is 3.89. The average molecular weight is 583 g/mol. The van der Waals surface area contributed by atoms with Gasteiger partial charge in [-0.25, -0.2) is 4.79 Å². The Morgan fingerprint density at radius 3 is 2.52 bits per heavy atom. The molecule has 0 unspecified atom stereocenters. The van der Waals surface area contributed by atoms with Crippen LogP contribution < -0.4 is 0 Å². The van der Waals surface area contributed by atoms with Gasteiger partial charge in [-0.15, -0.1) is 0 Å². The summed E-state index contributed by atoms with van der Waals surface area (Å²) in [7, 11) is 1.28. The molecule has 1 aromatic heterocycles. The fraction of sp³-hybridized carbons (Fsp3) is 0.625. The van der Waals surface area contributed by atoms with Gasteiger partial charge in [-0.3, -0.25) is 14.4 Å². The highest BCUT2D eigenvalue weighted by Gasteiger charge is 2.89. The lowest BCUT2D eigenvalue weighted by atomic mass is 9.39. The summed E-state index contributed by atoms with van der Waals surface area (Å²) < 4.78 is 28.8. The lowest BCUT2D eigenvalue weighted by Gasteiger charge is -2.64. The summed E-state index contributed by atoms with van der Waals surface area (Å²) in [5.74, 6) is -3.40. The van der Waals surface area contributed by atoms with Gasteiger partial charge in [0.2, 0.25) is 0 Å². The van der Waals surface area contributed by atoms with Crippen molar-refractivity contribution in [3.05, 3.63) is 47.5 Å². The molecule has 2 saturated heterocycles. The molecule has 10 heteroatoms. The number of ether oxygens (including phenoxy) is 4. The molecule has 10 nitrogen and oxygen atoms in total. The first-order chi connectivity index (χ1) is 19.6. The maximum Gasteiger partial charge on any atom is 0.333 e. The Morgan fingerprint density at radius 2 is 1.90 bits per heavy atom. The van der Waals surface area contributed by atoms with Crippen molar-refractivity contribution >= 4 is 23.7 Å². The number of carbonyl (C=O) groups excluding carboxylic acids is 4. The fourth-order valence-corrected chi connectivity index (χ4v) is 9.03. The molecule has 3 heterocycles. The zero-order chi connectivity index (χ0) is 30.6. The van der Waals surface area contributed by atoms with Crippen molar-refractivity contribution in [1.82, 2.24) is 0 Å². The highest BCUT2D eigenvalue weighted by atomic mass is 16.6. The number of ketones is 1. The molecular weight excluding hydrogens is 544 g/mol. The van der Waals surface area contributed by atoms with Gasteiger partial charge in [0.1, 0.15) is 23.9 Å². The summed E-state index contributed by atoms with van der Waals surface area (Å²) >= 11 is 0. The molecule has 2 aliphatic heterocycles. The molecule has 4 fully saturated rings. The quantitative estimate of drug-likeness (QED) is 0.179. The predicted molar refractivity (Wildman–Crippen MR) is 145 cm³/mol. The Balaban J connectivity index is 1.56. The van der Waals surface area contributed by atoms with E-state index in [1.54, 1.807) is 53.0 Å². The van der Waals surface area contributed by atoms with Gasteiger partial charge in [-0.1, -0.05) is 32.9 Å².